The molecule has 1 aromatic heterocycles. The summed E-state index contributed by atoms with van der Waals surface area (Å²) >= 11 is 0. The fraction of sp³-hybridized carbons (Fsp3) is 0.444. The molecular weight excluding hydrogens is 564 g/mol. The minimum absolute atomic E-state index is 0.0669. The van der Waals surface area contributed by atoms with Gasteiger partial charge in [-0.25, -0.2) is 0 Å². The highest BCUT2D eigenvalue weighted by Crippen LogP contribution is 2.45. The molecule has 10 atom stereocenters. The first-order chi connectivity index (χ1) is 20.0. The first-order valence-corrected chi connectivity index (χ1v) is 12.9. The Kier molecular flexibility index (Phi) is 8.41. The number of hydrogen-bond donors (Lipinski definition) is 10. The number of aliphatic hydroxyl groups is 8. The SMILES string of the molecule is O=c1cc(-c2ccc(O)cc2)oc2c([C@@H]3O[C@@H](CO)[C@H](O)[C@@H](O)[C@@H]3O)c(O[C@@H]3O[C@@H](CO)[C@H](O)[C@@H](O)[C@@H]3O)cc(O)c12. The van der Waals surface area contributed by atoms with Gasteiger partial charge < -0.3 is 69.7 Å². The highest BCUT2D eigenvalue weighted by Gasteiger charge is 2.48. The first-order valence-electron chi connectivity index (χ1n) is 12.9. The van der Waals surface area contributed by atoms with Gasteiger partial charge in [-0.2, -0.15) is 0 Å². The second-order valence-corrected chi connectivity index (χ2v) is 10.1. The molecule has 0 saturated carbocycles. The van der Waals surface area contributed by atoms with Crippen molar-refractivity contribution in [2.75, 3.05) is 13.2 Å². The first kappa shape index (κ1) is 30.1. The van der Waals surface area contributed by atoms with Crippen molar-refractivity contribution < 1.29 is 69.7 Å². The van der Waals surface area contributed by atoms with E-state index in [0.717, 1.165) is 12.1 Å². The fourth-order valence-corrected chi connectivity index (χ4v) is 5.08. The van der Waals surface area contributed by atoms with Crippen LogP contribution in [0.4, 0.5) is 0 Å². The molecule has 15 heteroatoms. The summed E-state index contributed by atoms with van der Waals surface area (Å²) in [6.07, 6.45) is -17.3. The van der Waals surface area contributed by atoms with E-state index in [1.807, 2.05) is 0 Å². The standard InChI is InChI=1S/C27H30O15/c28-7-15-19(33)21(35)23(37)26(40-15)18-14(41-27-24(38)22(36)20(34)16(8-29)42-27)6-12(32)17-11(31)5-13(39-25(17)18)9-1-3-10(30)4-2-9/h1-6,15-16,19-24,26-30,32-38H,7-8H2/t15-,16-,19-,20-,21+,22+,23-,24-,26-,27+/m0/s1. The van der Waals surface area contributed by atoms with Crippen LogP contribution >= 0.6 is 0 Å². The number of phenolic OH excluding ortho intramolecular Hbond substituents is 2. The van der Waals surface area contributed by atoms with Gasteiger partial charge in [-0.05, 0) is 24.3 Å². The summed E-state index contributed by atoms with van der Waals surface area (Å²) in [5.41, 5.74) is -1.20. The lowest BCUT2D eigenvalue weighted by atomic mass is 9.89. The van der Waals surface area contributed by atoms with E-state index in [9.17, 15) is 55.9 Å². The van der Waals surface area contributed by atoms with Crippen molar-refractivity contribution in [1.82, 2.24) is 0 Å². The number of aromatic hydroxyl groups is 2. The smallest absolute Gasteiger partial charge is 0.229 e. The third kappa shape index (κ3) is 5.20. The van der Waals surface area contributed by atoms with Gasteiger partial charge in [0.25, 0.3) is 0 Å². The molecule has 0 bridgehead atoms. The maximum Gasteiger partial charge on any atom is 0.229 e. The molecule has 3 heterocycles. The van der Waals surface area contributed by atoms with Crippen LogP contribution in [-0.2, 0) is 9.47 Å². The van der Waals surface area contributed by atoms with Crippen LogP contribution in [-0.4, -0.2) is 119 Å². The van der Waals surface area contributed by atoms with Crippen LogP contribution < -0.4 is 10.2 Å². The van der Waals surface area contributed by atoms with Gasteiger partial charge in [0, 0.05) is 17.7 Å². The Hall–Kier alpha value is -3.35. The summed E-state index contributed by atoms with van der Waals surface area (Å²) in [5.74, 6) is -1.29. The van der Waals surface area contributed by atoms with Gasteiger partial charge in [0.15, 0.2) is 11.0 Å². The van der Waals surface area contributed by atoms with Crippen LogP contribution in [0.3, 0.4) is 0 Å². The highest BCUT2D eigenvalue weighted by atomic mass is 16.7. The van der Waals surface area contributed by atoms with E-state index >= 15 is 0 Å². The van der Waals surface area contributed by atoms with Crippen LogP contribution in [0.15, 0.2) is 45.6 Å². The molecule has 10 N–H and O–H groups in total. The summed E-state index contributed by atoms with van der Waals surface area (Å²) in [6.45, 7) is -1.58. The van der Waals surface area contributed by atoms with Gasteiger partial charge >= 0.3 is 0 Å². The third-order valence-electron chi connectivity index (χ3n) is 7.40. The summed E-state index contributed by atoms with van der Waals surface area (Å²) in [7, 11) is 0. The van der Waals surface area contributed by atoms with E-state index in [0.29, 0.717) is 5.56 Å². The molecule has 2 fully saturated rings. The number of phenols is 2. The van der Waals surface area contributed by atoms with E-state index in [2.05, 4.69) is 0 Å². The molecule has 2 aromatic carbocycles. The van der Waals surface area contributed by atoms with Crippen molar-refractivity contribution >= 4 is 11.0 Å². The Morgan fingerprint density at radius 1 is 0.738 bits per heavy atom. The van der Waals surface area contributed by atoms with Crippen LogP contribution in [0.25, 0.3) is 22.3 Å². The van der Waals surface area contributed by atoms with Gasteiger partial charge in [0.05, 0.1) is 18.8 Å². The van der Waals surface area contributed by atoms with E-state index in [1.165, 1.54) is 24.3 Å². The molecule has 2 aliphatic rings. The molecule has 2 saturated heterocycles. The number of hydrogen-bond acceptors (Lipinski definition) is 15. The minimum atomic E-state index is -1.92. The maximum absolute atomic E-state index is 13.2. The van der Waals surface area contributed by atoms with Crippen molar-refractivity contribution in [2.24, 2.45) is 0 Å². The second kappa shape index (κ2) is 11.7. The van der Waals surface area contributed by atoms with Crippen molar-refractivity contribution in [3.63, 3.8) is 0 Å². The summed E-state index contributed by atoms with van der Waals surface area (Å²) in [5, 5.41) is 102. The van der Waals surface area contributed by atoms with Crippen molar-refractivity contribution in [1.29, 1.82) is 0 Å². The van der Waals surface area contributed by atoms with E-state index in [1.54, 1.807) is 0 Å². The lowest BCUT2D eigenvalue weighted by Gasteiger charge is -2.42. The number of ether oxygens (including phenoxy) is 3. The lowest BCUT2D eigenvalue weighted by molar-refractivity contribution is -0.278. The molecule has 0 aliphatic carbocycles. The monoisotopic (exact) mass is 594 g/mol. The molecule has 5 rings (SSSR count). The zero-order valence-corrected chi connectivity index (χ0v) is 21.7. The minimum Gasteiger partial charge on any atom is -0.508 e. The molecule has 42 heavy (non-hydrogen) atoms. The molecule has 15 nitrogen and oxygen atoms in total. The zero-order valence-electron chi connectivity index (χ0n) is 21.7. The molecule has 0 radical (unpaired) electrons. The molecule has 228 valence electrons. The normalized spacial score (nSPS) is 33.5. The molecule has 2 aliphatic heterocycles. The highest BCUT2D eigenvalue weighted by molar-refractivity contribution is 5.89. The number of fused-ring (bicyclic) bond motifs is 1. The average molecular weight is 595 g/mol. The van der Waals surface area contributed by atoms with Crippen LogP contribution in [0, 0.1) is 0 Å². The van der Waals surface area contributed by atoms with Gasteiger partial charge in [-0.3, -0.25) is 4.79 Å². The van der Waals surface area contributed by atoms with Gasteiger partial charge in [-0.15, -0.1) is 0 Å². The average Bonchev–Trinajstić information content (AvgIpc) is 2.97. The molecule has 0 unspecified atom stereocenters. The Balaban J connectivity index is 1.73. The predicted octanol–water partition coefficient (Wildman–Crippen LogP) is -2.44. The number of aliphatic hydroxyl groups excluding tert-OH is 8. The lowest BCUT2D eigenvalue weighted by Crippen LogP contribution is -2.60. The summed E-state index contributed by atoms with van der Waals surface area (Å²) in [6, 6.07) is 7.48. The van der Waals surface area contributed by atoms with Crippen LogP contribution in [0.1, 0.15) is 11.7 Å². The molecule has 0 amide bonds. The Bertz CT molecular complexity index is 1470. The largest absolute Gasteiger partial charge is 0.508 e. The van der Waals surface area contributed by atoms with Crippen LogP contribution in [0.5, 0.6) is 17.2 Å². The van der Waals surface area contributed by atoms with Gasteiger partial charge in [0.2, 0.25) is 6.29 Å². The Morgan fingerprint density at radius 2 is 1.33 bits per heavy atom. The van der Waals surface area contributed by atoms with E-state index < -0.39 is 102 Å². The predicted molar refractivity (Wildman–Crippen MR) is 138 cm³/mol. The number of rotatable bonds is 6. The zero-order chi connectivity index (χ0) is 30.5. The van der Waals surface area contributed by atoms with Crippen molar-refractivity contribution in [3.05, 3.63) is 52.2 Å². The topological polar surface area (TPSA) is 260 Å². The fourth-order valence-electron chi connectivity index (χ4n) is 5.08. The molecular formula is C27H30O15. The van der Waals surface area contributed by atoms with Gasteiger partial charge in [0.1, 0.15) is 83.3 Å². The van der Waals surface area contributed by atoms with E-state index in [4.69, 9.17) is 18.6 Å². The Labute approximate surface area is 236 Å². The summed E-state index contributed by atoms with van der Waals surface area (Å²) in [4.78, 5) is 13.2. The Morgan fingerprint density at radius 3 is 1.95 bits per heavy atom. The second-order valence-electron chi connectivity index (χ2n) is 10.1. The molecule has 0 spiro atoms. The summed E-state index contributed by atoms with van der Waals surface area (Å²) < 4.78 is 22.9. The van der Waals surface area contributed by atoms with Crippen LogP contribution in [0.2, 0.25) is 0 Å². The molecule has 3 aromatic rings. The van der Waals surface area contributed by atoms with Crippen molar-refractivity contribution in [3.8, 4) is 28.6 Å². The van der Waals surface area contributed by atoms with E-state index in [-0.39, 0.29) is 17.1 Å². The van der Waals surface area contributed by atoms with Crippen molar-refractivity contribution in [2.45, 2.75) is 61.2 Å². The maximum atomic E-state index is 13.2. The van der Waals surface area contributed by atoms with Gasteiger partial charge in [-0.1, -0.05) is 0 Å². The quantitative estimate of drug-likeness (QED) is 0.142. The number of benzene rings is 2. The third-order valence-corrected chi connectivity index (χ3v) is 7.40.